The van der Waals surface area contributed by atoms with Gasteiger partial charge in [0.1, 0.15) is 0 Å². The van der Waals surface area contributed by atoms with E-state index in [1.54, 1.807) is 9.15 Å². The van der Waals surface area contributed by atoms with Crippen molar-refractivity contribution in [2.75, 3.05) is 0 Å². The van der Waals surface area contributed by atoms with Crippen LogP contribution in [-0.4, -0.2) is 8.07 Å². The maximum atomic E-state index is 2.57. The van der Waals surface area contributed by atoms with Gasteiger partial charge in [0.25, 0.3) is 0 Å². The van der Waals surface area contributed by atoms with E-state index in [0.29, 0.717) is 0 Å². The molecule has 90 valence electrons. The highest BCUT2D eigenvalue weighted by Crippen LogP contribution is 2.28. The van der Waals surface area contributed by atoms with Crippen molar-refractivity contribution in [1.82, 2.24) is 0 Å². The molecule has 0 aromatic carbocycles. The van der Waals surface area contributed by atoms with Gasteiger partial charge in [-0.2, -0.15) is 0 Å². The smallest absolute Gasteiger partial charge is 0.0445 e. The minimum atomic E-state index is -0.855. The molecule has 0 saturated carbocycles. The first-order valence-electron chi connectivity index (χ1n) is 6.27. The first-order chi connectivity index (χ1) is 6.90. The van der Waals surface area contributed by atoms with Crippen LogP contribution in [0, 0.1) is 0 Å². The lowest BCUT2D eigenvalue weighted by molar-refractivity contribution is 0.827. The molecular weight excluding hydrogens is 311 g/mol. The Bertz CT molecular complexity index is 201. The van der Waals surface area contributed by atoms with Gasteiger partial charge in [-0.25, -0.2) is 0 Å². The Morgan fingerprint density at radius 1 is 0.933 bits per heavy atom. The van der Waals surface area contributed by atoms with E-state index in [1.165, 1.54) is 38.1 Å². The van der Waals surface area contributed by atoms with Crippen molar-refractivity contribution in [3.05, 3.63) is 9.15 Å². The Labute approximate surface area is 111 Å². The van der Waals surface area contributed by atoms with Crippen LogP contribution in [0.3, 0.4) is 0 Å². The number of hydrogen-bond acceptors (Lipinski definition) is 0. The fourth-order valence-corrected chi connectivity index (χ4v) is 3.75. The molecule has 0 radical (unpaired) electrons. The Morgan fingerprint density at radius 3 is 1.87 bits per heavy atom. The van der Waals surface area contributed by atoms with E-state index >= 15 is 0 Å². The number of halogens is 1. The Hall–Kier alpha value is 0.687. The monoisotopic (exact) mass is 338 g/mol. The molecule has 15 heavy (non-hydrogen) atoms. The molecule has 0 fully saturated rings. The Morgan fingerprint density at radius 2 is 1.47 bits per heavy atom. The van der Waals surface area contributed by atoms with Crippen LogP contribution in [0.15, 0.2) is 9.15 Å². The van der Waals surface area contributed by atoms with Crippen LogP contribution in [-0.2, 0) is 0 Å². The van der Waals surface area contributed by atoms with Gasteiger partial charge in [-0.1, -0.05) is 57.9 Å². The summed E-state index contributed by atoms with van der Waals surface area (Å²) in [4.78, 5) is 0. The molecule has 0 aliphatic rings. The number of allylic oxidation sites excluding steroid dienone is 2. The summed E-state index contributed by atoms with van der Waals surface area (Å²) in [5.41, 5.74) is 1.75. The third-order valence-corrected chi connectivity index (χ3v) is 5.63. The second-order valence-electron chi connectivity index (χ2n) is 5.57. The van der Waals surface area contributed by atoms with E-state index in [-0.39, 0.29) is 0 Å². The summed E-state index contributed by atoms with van der Waals surface area (Å²) in [5, 5.41) is 0. The highest BCUT2D eigenvalue weighted by Gasteiger charge is 2.14. The molecule has 0 aliphatic carbocycles. The molecule has 0 nitrogen and oxygen atoms in total. The van der Waals surface area contributed by atoms with Crippen molar-refractivity contribution in [2.45, 2.75) is 71.6 Å². The normalized spacial score (nSPS) is 14.0. The zero-order chi connectivity index (χ0) is 11.9. The lowest BCUT2D eigenvalue weighted by Crippen LogP contribution is -2.19. The standard InChI is InChI=1S/C13H27ISi/c1-6-8-12(13(14)9-7-2)10-11-15(3,4)5/h6-11H2,1-5H3/b13-12-. The third-order valence-electron chi connectivity index (χ3n) is 2.58. The summed E-state index contributed by atoms with van der Waals surface area (Å²) in [6.45, 7) is 12.0. The summed E-state index contributed by atoms with van der Waals surface area (Å²) >= 11 is 2.57. The molecule has 0 aliphatic heterocycles. The van der Waals surface area contributed by atoms with E-state index in [0.717, 1.165) is 0 Å². The molecule has 0 atom stereocenters. The van der Waals surface area contributed by atoms with Gasteiger partial charge in [0.15, 0.2) is 0 Å². The molecular formula is C13H27ISi. The first kappa shape index (κ1) is 15.7. The molecule has 0 bridgehead atoms. The van der Waals surface area contributed by atoms with Crippen molar-refractivity contribution in [1.29, 1.82) is 0 Å². The molecule has 2 heteroatoms. The van der Waals surface area contributed by atoms with Crippen molar-refractivity contribution in [3.8, 4) is 0 Å². The SMILES string of the molecule is CCC/C(I)=C(\CCC)CC[Si](C)(C)C. The molecule has 0 spiro atoms. The van der Waals surface area contributed by atoms with Crippen LogP contribution in [0.25, 0.3) is 0 Å². The lowest BCUT2D eigenvalue weighted by atomic mass is 10.1. The summed E-state index contributed by atoms with van der Waals surface area (Å²) < 4.78 is 1.65. The summed E-state index contributed by atoms with van der Waals surface area (Å²) in [6, 6.07) is 1.46. The van der Waals surface area contributed by atoms with Crippen LogP contribution in [0.1, 0.15) is 46.0 Å². The van der Waals surface area contributed by atoms with Gasteiger partial charge in [-0.15, -0.1) is 0 Å². The summed E-state index contributed by atoms with van der Waals surface area (Å²) in [7, 11) is -0.855. The van der Waals surface area contributed by atoms with Crippen LogP contribution < -0.4 is 0 Å². The van der Waals surface area contributed by atoms with Crippen LogP contribution >= 0.6 is 22.6 Å². The average Bonchev–Trinajstić information content (AvgIpc) is 2.11. The zero-order valence-electron chi connectivity index (χ0n) is 11.1. The van der Waals surface area contributed by atoms with Crippen LogP contribution in [0.5, 0.6) is 0 Å². The van der Waals surface area contributed by atoms with Crippen molar-refractivity contribution >= 4 is 30.7 Å². The van der Waals surface area contributed by atoms with Crippen LogP contribution in [0.4, 0.5) is 0 Å². The van der Waals surface area contributed by atoms with E-state index in [4.69, 9.17) is 0 Å². The first-order valence-corrected chi connectivity index (χ1v) is 11.1. The molecule has 0 heterocycles. The third kappa shape index (κ3) is 8.49. The predicted octanol–water partition coefficient (Wildman–Crippen LogP) is 6.00. The van der Waals surface area contributed by atoms with Gasteiger partial charge in [-0.05, 0) is 45.4 Å². The van der Waals surface area contributed by atoms with Gasteiger partial charge in [0.2, 0.25) is 0 Å². The number of hydrogen-bond donors (Lipinski definition) is 0. The predicted molar refractivity (Wildman–Crippen MR) is 83.6 cm³/mol. The van der Waals surface area contributed by atoms with E-state index in [2.05, 4.69) is 56.1 Å². The van der Waals surface area contributed by atoms with Gasteiger partial charge in [0, 0.05) is 8.07 Å². The molecule has 0 rings (SSSR count). The minimum absolute atomic E-state index is 0.855. The van der Waals surface area contributed by atoms with Gasteiger partial charge in [-0.3, -0.25) is 0 Å². The van der Waals surface area contributed by atoms with Crippen molar-refractivity contribution in [2.24, 2.45) is 0 Å². The average molecular weight is 338 g/mol. The van der Waals surface area contributed by atoms with Gasteiger partial charge >= 0.3 is 0 Å². The van der Waals surface area contributed by atoms with Gasteiger partial charge < -0.3 is 0 Å². The maximum Gasteiger partial charge on any atom is 0.0445 e. The quantitative estimate of drug-likeness (QED) is 0.394. The van der Waals surface area contributed by atoms with Crippen molar-refractivity contribution < 1.29 is 0 Å². The maximum absolute atomic E-state index is 2.57. The van der Waals surface area contributed by atoms with E-state index in [1.807, 2.05) is 0 Å². The molecule has 0 amide bonds. The Balaban J connectivity index is 4.33. The molecule has 0 unspecified atom stereocenters. The Kier molecular flexibility index (Phi) is 8.24. The molecule has 0 aromatic rings. The molecule has 0 aromatic heterocycles. The molecule has 0 saturated heterocycles. The largest absolute Gasteiger partial charge is 0.0695 e. The van der Waals surface area contributed by atoms with E-state index in [9.17, 15) is 0 Å². The highest BCUT2D eigenvalue weighted by molar-refractivity contribution is 14.1. The molecule has 0 N–H and O–H groups in total. The fourth-order valence-electron chi connectivity index (χ4n) is 1.62. The fraction of sp³-hybridized carbons (Fsp3) is 0.846. The van der Waals surface area contributed by atoms with Gasteiger partial charge in [0.05, 0.1) is 0 Å². The van der Waals surface area contributed by atoms with Crippen LogP contribution in [0.2, 0.25) is 25.7 Å². The lowest BCUT2D eigenvalue weighted by Gasteiger charge is -2.18. The minimum Gasteiger partial charge on any atom is -0.0695 e. The second kappa shape index (κ2) is 7.88. The zero-order valence-corrected chi connectivity index (χ0v) is 14.3. The van der Waals surface area contributed by atoms with Crippen molar-refractivity contribution in [3.63, 3.8) is 0 Å². The van der Waals surface area contributed by atoms with E-state index < -0.39 is 8.07 Å². The summed E-state index contributed by atoms with van der Waals surface area (Å²) in [5.74, 6) is 0. The number of rotatable bonds is 7. The second-order valence-corrected chi connectivity index (χ2v) is 12.5. The topological polar surface area (TPSA) is 0 Å². The highest BCUT2D eigenvalue weighted by atomic mass is 127. The summed E-state index contributed by atoms with van der Waals surface area (Å²) in [6.07, 6.45) is 6.57.